The summed E-state index contributed by atoms with van der Waals surface area (Å²) in [5.41, 5.74) is 0.968. The van der Waals surface area contributed by atoms with Crippen molar-refractivity contribution in [1.29, 1.82) is 0 Å². The summed E-state index contributed by atoms with van der Waals surface area (Å²) in [5.74, 6) is 1.37. The molecule has 3 heterocycles. The average Bonchev–Trinajstić information content (AvgIpc) is 3.07. The van der Waals surface area contributed by atoms with Crippen LogP contribution in [0.5, 0.6) is 5.75 Å². The fourth-order valence-corrected chi connectivity index (χ4v) is 4.38. The van der Waals surface area contributed by atoms with Crippen LogP contribution >= 0.6 is 0 Å². The van der Waals surface area contributed by atoms with Gasteiger partial charge in [-0.25, -0.2) is 14.4 Å². The van der Waals surface area contributed by atoms with Gasteiger partial charge in [0.15, 0.2) is 0 Å². The van der Waals surface area contributed by atoms with Crippen molar-refractivity contribution >= 4 is 5.95 Å². The molecule has 0 aliphatic carbocycles. The highest BCUT2D eigenvalue weighted by molar-refractivity contribution is 5.32. The lowest BCUT2D eigenvalue weighted by Crippen LogP contribution is -2.44. The summed E-state index contributed by atoms with van der Waals surface area (Å²) in [6.07, 6.45) is 7.10. The molecule has 0 bridgehead atoms. The van der Waals surface area contributed by atoms with Gasteiger partial charge in [-0.1, -0.05) is 0 Å². The zero-order valence-electron chi connectivity index (χ0n) is 15.2. The number of likely N-dealkylation sites (tertiary alicyclic amines) is 1. The van der Waals surface area contributed by atoms with E-state index in [0.717, 1.165) is 45.0 Å². The first-order valence-corrected chi connectivity index (χ1v) is 9.24. The van der Waals surface area contributed by atoms with E-state index in [2.05, 4.69) is 19.8 Å². The van der Waals surface area contributed by atoms with Gasteiger partial charge in [-0.05, 0) is 50.1 Å². The number of halogens is 1. The van der Waals surface area contributed by atoms with Gasteiger partial charge >= 0.3 is 0 Å². The largest absolute Gasteiger partial charge is 0.497 e. The molecule has 2 fully saturated rings. The lowest BCUT2D eigenvalue weighted by Gasteiger charge is -2.40. The molecular weight excluding hydrogens is 331 g/mol. The van der Waals surface area contributed by atoms with Crippen LogP contribution < -0.4 is 9.64 Å². The van der Waals surface area contributed by atoms with E-state index < -0.39 is 0 Å². The van der Waals surface area contributed by atoms with Crippen molar-refractivity contribution in [3.63, 3.8) is 0 Å². The molecule has 26 heavy (non-hydrogen) atoms. The third-order valence-electron chi connectivity index (χ3n) is 5.66. The highest BCUT2D eigenvalue weighted by Gasteiger charge is 2.42. The number of hydrogen-bond acceptors (Lipinski definition) is 5. The van der Waals surface area contributed by atoms with Crippen molar-refractivity contribution in [1.82, 2.24) is 14.9 Å². The molecule has 0 unspecified atom stereocenters. The smallest absolute Gasteiger partial charge is 0.225 e. The Hall–Kier alpha value is -2.21. The topological polar surface area (TPSA) is 41.5 Å². The minimum absolute atomic E-state index is 0.156. The summed E-state index contributed by atoms with van der Waals surface area (Å²) >= 11 is 0. The Balaban J connectivity index is 1.45. The van der Waals surface area contributed by atoms with E-state index >= 15 is 0 Å². The predicted octanol–water partition coefficient (Wildman–Crippen LogP) is 3.12. The summed E-state index contributed by atoms with van der Waals surface area (Å²) in [6, 6.07) is 6.83. The number of aromatic nitrogens is 2. The van der Waals surface area contributed by atoms with Crippen LogP contribution in [0.3, 0.4) is 0 Å². The zero-order chi connectivity index (χ0) is 18.0. The molecule has 0 saturated carbocycles. The molecule has 1 atom stereocenters. The average molecular weight is 356 g/mol. The van der Waals surface area contributed by atoms with Crippen LogP contribution in [0, 0.1) is 11.2 Å². The van der Waals surface area contributed by atoms with Crippen molar-refractivity contribution in [2.75, 3.05) is 38.2 Å². The first kappa shape index (κ1) is 17.2. The SMILES string of the molecule is COc1ccc(F)c(CN2CCC[C@@]3(CCN(c4ncccn4)C3)C2)c1. The van der Waals surface area contributed by atoms with Crippen LogP contribution in [0.2, 0.25) is 0 Å². The van der Waals surface area contributed by atoms with E-state index in [1.807, 2.05) is 12.1 Å². The zero-order valence-corrected chi connectivity index (χ0v) is 15.2. The molecule has 2 aliphatic heterocycles. The lowest BCUT2D eigenvalue weighted by atomic mass is 9.79. The molecule has 1 aromatic carbocycles. The van der Waals surface area contributed by atoms with Gasteiger partial charge in [-0.3, -0.25) is 4.90 Å². The molecule has 1 aromatic heterocycles. The van der Waals surface area contributed by atoms with Crippen molar-refractivity contribution in [3.8, 4) is 5.75 Å². The van der Waals surface area contributed by atoms with Crippen LogP contribution in [-0.2, 0) is 6.54 Å². The predicted molar refractivity (Wildman–Crippen MR) is 98.8 cm³/mol. The van der Waals surface area contributed by atoms with Crippen LogP contribution in [0.4, 0.5) is 10.3 Å². The molecule has 2 aliphatic rings. The Bertz CT molecular complexity index is 757. The maximum absolute atomic E-state index is 14.2. The summed E-state index contributed by atoms with van der Waals surface area (Å²) in [4.78, 5) is 13.5. The summed E-state index contributed by atoms with van der Waals surface area (Å²) < 4.78 is 19.5. The Kier molecular flexibility index (Phi) is 4.76. The van der Waals surface area contributed by atoms with E-state index in [1.54, 1.807) is 25.6 Å². The van der Waals surface area contributed by atoms with Gasteiger partial charge in [0.05, 0.1) is 7.11 Å². The van der Waals surface area contributed by atoms with E-state index in [1.165, 1.54) is 12.5 Å². The monoisotopic (exact) mass is 356 g/mol. The maximum atomic E-state index is 14.2. The minimum Gasteiger partial charge on any atom is -0.497 e. The highest BCUT2D eigenvalue weighted by Crippen LogP contribution is 2.40. The van der Waals surface area contributed by atoms with Crippen LogP contribution in [0.1, 0.15) is 24.8 Å². The van der Waals surface area contributed by atoms with E-state index in [4.69, 9.17) is 4.74 Å². The molecule has 0 amide bonds. The Morgan fingerprint density at radius 3 is 2.81 bits per heavy atom. The summed E-state index contributed by atoms with van der Waals surface area (Å²) in [5, 5.41) is 0. The van der Waals surface area contributed by atoms with Gasteiger partial charge in [0.25, 0.3) is 0 Å². The quantitative estimate of drug-likeness (QED) is 0.842. The molecule has 1 spiro atoms. The van der Waals surface area contributed by atoms with Gasteiger partial charge in [0.2, 0.25) is 5.95 Å². The second-order valence-corrected chi connectivity index (χ2v) is 7.49. The number of ether oxygens (including phenoxy) is 1. The number of methoxy groups -OCH3 is 1. The fraction of sp³-hybridized carbons (Fsp3) is 0.500. The fourth-order valence-electron chi connectivity index (χ4n) is 4.38. The van der Waals surface area contributed by atoms with Crippen molar-refractivity contribution in [2.45, 2.75) is 25.8 Å². The van der Waals surface area contributed by atoms with Crippen molar-refractivity contribution in [2.24, 2.45) is 5.41 Å². The normalized spacial score (nSPS) is 23.5. The maximum Gasteiger partial charge on any atom is 0.225 e. The first-order valence-electron chi connectivity index (χ1n) is 9.24. The second-order valence-electron chi connectivity index (χ2n) is 7.49. The molecule has 0 N–H and O–H groups in total. The number of nitrogens with zero attached hydrogens (tertiary/aromatic N) is 4. The Morgan fingerprint density at radius 1 is 1.15 bits per heavy atom. The minimum atomic E-state index is -0.156. The van der Waals surface area contributed by atoms with E-state index in [9.17, 15) is 4.39 Å². The molecule has 4 rings (SSSR count). The standard InChI is InChI=1S/C20H25FN4O/c1-26-17-4-5-18(21)16(12-17)13-24-10-2-6-20(14-24)7-11-25(15-20)19-22-8-3-9-23-19/h3-5,8-9,12H,2,6-7,10-11,13-15H2,1H3/t20-/m1/s1. The van der Waals surface area contributed by atoms with Gasteiger partial charge in [0, 0.05) is 49.6 Å². The molecule has 138 valence electrons. The number of anilines is 1. The third kappa shape index (κ3) is 3.51. The van der Waals surface area contributed by atoms with Crippen molar-refractivity contribution < 1.29 is 9.13 Å². The van der Waals surface area contributed by atoms with Crippen molar-refractivity contribution in [3.05, 3.63) is 48.0 Å². The third-order valence-corrected chi connectivity index (χ3v) is 5.66. The first-order chi connectivity index (χ1) is 12.7. The van der Waals surface area contributed by atoms with Crippen LogP contribution in [0.25, 0.3) is 0 Å². The van der Waals surface area contributed by atoms with Gasteiger partial charge in [-0.2, -0.15) is 0 Å². The lowest BCUT2D eigenvalue weighted by molar-refractivity contribution is 0.0981. The van der Waals surface area contributed by atoms with Gasteiger partial charge in [-0.15, -0.1) is 0 Å². The Morgan fingerprint density at radius 2 is 2.00 bits per heavy atom. The van der Waals surface area contributed by atoms with E-state index in [0.29, 0.717) is 17.9 Å². The van der Waals surface area contributed by atoms with Crippen LogP contribution in [0.15, 0.2) is 36.7 Å². The van der Waals surface area contributed by atoms with Gasteiger partial charge < -0.3 is 9.64 Å². The molecule has 5 nitrogen and oxygen atoms in total. The number of benzene rings is 1. The second kappa shape index (κ2) is 7.19. The van der Waals surface area contributed by atoms with Crippen LogP contribution in [-0.4, -0.2) is 48.2 Å². The van der Waals surface area contributed by atoms with Gasteiger partial charge in [0.1, 0.15) is 11.6 Å². The summed E-state index contributed by atoms with van der Waals surface area (Å²) in [6.45, 7) is 4.61. The Labute approximate surface area is 153 Å². The molecule has 2 saturated heterocycles. The molecular formula is C20H25FN4O. The van der Waals surface area contributed by atoms with E-state index in [-0.39, 0.29) is 11.2 Å². The summed E-state index contributed by atoms with van der Waals surface area (Å²) in [7, 11) is 1.62. The molecule has 2 aromatic rings. The number of rotatable bonds is 4. The number of piperidine rings is 1. The molecule has 6 heteroatoms. The highest BCUT2D eigenvalue weighted by atomic mass is 19.1. The molecule has 0 radical (unpaired) electrons. The number of hydrogen-bond donors (Lipinski definition) is 0.